The summed E-state index contributed by atoms with van der Waals surface area (Å²) < 4.78 is 11.0. The maximum Gasteiger partial charge on any atom is 0.260 e. The molecule has 0 aromatic heterocycles. The molecule has 0 atom stereocenters. The van der Waals surface area contributed by atoms with Crippen LogP contribution >= 0.6 is 0 Å². The first kappa shape index (κ1) is 24.1. The smallest absolute Gasteiger partial charge is 0.260 e. The van der Waals surface area contributed by atoms with E-state index >= 15 is 0 Å². The Labute approximate surface area is 202 Å². The van der Waals surface area contributed by atoms with Crippen molar-refractivity contribution >= 4 is 11.8 Å². The molecule has 1 saturated heterocycles. The molecule has 2 aliphatic rings. The summed E-state index contributed by atoms with van der Waals surface area (Å²) in [5, 5.41) is 3.18. The number of carbonyl (C=O) groups excluding carboxylic acids is 2. The zero-order valence-electron chi connectivity index (χ0n) is 19.9. The summed E-state index contributed by atoms with van der Waals surface area (Å²) in [5.74, 6) is 1.08. The van der Waals surface area contributed by atoms with Crippen LogP contribution in [0.1, 0.15) is 37.7 Å². The van der Waals surface area contributed by atoms with Gasteiger partial charge in [0.05, 0.1) is 7.11 Å². The van der Waals surface area contributed by atoms with E-state index in [1.807, 2.05) is 18.2 Å². The van der Waals surface area contributed by atoms with Gasteiger partial charge in [-0.1, -0.05) is 42.5 Å². The van der Waals surface area contributed by atoms with Gasteiger partial charge in [-0.25, -0.2) is 0 Å². The van der Waals surface area contributed by atoms with E-state index in [1.165, 1.54) is 5.56 Å². The molecule has 0 unspecified atom stereocenters. The summed E-state index contributed by atoms with van der Waals surface area (Å²) in [7, 11) is 1.58. The Balaban J connectivity index is 1.18. The Hall–Kier alpha value is -3.06. The van der Waals surface area contributed by atoms with E-state index in [1.54, 1.807) is 24.1 Å². The molecule has 7 heteroatoms. The molecule has 1 aliphatic carbocycles. The highest BCUT2D eigenvalue weighted by Crippen LogP contribution is 2.29. The van der Waals surface area contributed by atoms with Crippen molar-refractivity contribution in [2.45, 2.75) is 50.7 Å². The van der Waals surface area contributed by atoms with Gasteiger partial charge in [-0.05, 0) is 43.4 Å². The van der Waals surface area contributed by atoms with E-state index in [0.717, 1.165) is 45.3 Å². The average Bonchev–Trinajstić information content (AvgIpc) is 3.70. The van der Waals surface area contributed by atoms with Gasteiger partial charge in [0.15, 0.2) is 18.1 Å². The molecule has 0 bridgehead atoms. The topological polar surface area (TPSA) is 71.1 Å². The number of para-hydroxylation sites is 2. The third-order valence-electron chi connectivity index (χ3n) is 6.51. The number of nitrogens with zero attached hydrogens (tertiary/aromatic N) is 2. The summed E-state index contributed by atoms with van der Waals surface area (Å²) in [6.07, 6.45) is 4.21. The largest absolute Gasteiger partial charge is 0.493 e. The summed E-state index contributed by atoms with van der Waals surface area (Å²) in [4.78, 5) is 29.7. The van der Waals surface area contributed by atoms with E-state index in [2.05, 4.69) is 34.5 Å². The minimum Gasteiger partial charge on any atom is -0.493 e. The summed E-state index contributed by atoms with van der Waals surface area (Å²) in [5.41, 5.74) is 1.32. The first-order valence-electron chi connectivity index (χ1n) is 12.2. The predicted molar refractivity (Wildman–Crippen MR) is 131 cm³/mol. The van der Waals surface area contributed by atoms with Gasteiger partial charge in [0.25, 0.3) is 5.91 Å². The van der Waals surface area contributed by atoms with E-state index in [-0.39, 0.29) is 30.5 Å². The quantitative estimate of drug-likeness (QED) is 0.552. The monoisotopic (exact) mass is 465 g/mol. The highest BCUT2D eigenvalue weighted by molar-refractivity contribution is 5.80. The minimum absolute atomic E-state index is 0.0191. The number of benzene rings is 2. The van der Waals surface area contributed by atoms with Crippen LogP contribution in [0.2, 0.25) is 0 Å². The van der Waals surface area contributed by atoms with Crippen molar-refractivity contribution in [2.75, 3.05) is 33.4 Å². The van der Waals surface area contributed by atoms with Gasteiger partial charge in [0.2, 0.25) is 5.91 Å². The standard InChI is InChI=1S/C27H35N3O4/c1-33-24-9-5-6-10-25(24)34-20-27(32)30(23-11-12-23)18-15-26(31)28-22-13-16-29(17-14-22)19-21-7-3-2-4-8-21/h2-10,22-23H,11-20H2,1H3,(H,28,31). The summed E-state index contributed by atoms with van der Waals surface area (Å²) >= 11 is 0. The first-order chi connectivity index (χ1) is 16.6. The van der Waals surface area contributed by atoms with Gasteiger partial charge in [-0.3, -0.25) is 14.5 Å². The van der Waals surface area contributed by atoms with Gasteiger partial charge in [-0.2, -0.15) is 0 Å². The minimum atomic E-state index is -0.0876. The molecule has 1 heterocycles. The van der Waals surface area contributed by atoms with Crippen LogP contribution in [0, 0.1) is 0 Å². The molecule has 7 nitrogen and oxygen atoms in total. The van der Waals surface area contributed by atoms with Gasteiger partial charge < -0.3 is 19.7 Å². The van der Waals surface area contributed by atoms with Crippen LogP contribution in [0.25, 0.3) is 0 Å². The lowest BCUT2D eigenvalue weighted by atomic mass is 10.0. The van der Waals surface area contributed by atoms with E-state index in [4.69, 9.17) is 9.47 Å². The Morgan fingerprint density at radius 1 is 0.971 bits per heavy atom. The van der Waals surface area contributed by atoms with Crippen molar-refractivity contribution in [1.29, 1.82) is 0 Å². The Morgan fingerprint density at radius 2 is 1.65 bits per heavy atom. The van der Waals surface area contributed by atoms with Crippen molar-refractivity contribution in [2.24, 2.45) is 0 Å². The molecule has 2 amide bonds. The van der Waals surface area contributed by atoms with Crippen molar-refractivity contribution in [3.8, 4) is 11.5 Å². The highest BCUT2D eigenvalue weighted by Gasteiger charge is 2.33. The fraction of sp³-hybridized carbons (Fsp3) is 0.481. The fourth-order valence-corrected chi connectivity index (χ4v) is 4.46. The molecule has 2 aromatic rings. The third-order valence-corrected chi connectivity index (χ3v) is 6.51. The number of likely N-dealkylation sites (tertiary alicyclic amines) is 1. The second kappa shape index (κ2) is 11.9. The molecule has 1 saturated carbocycles. The van der Waals surface area contributed by atoms with Gasteiger partial charge in [-0.15, -0.1) is 0 Å². The molecule has 4 rings (SSSR count). The van der Waals surface area contributed by atoms with Crippen LogP contribution in [-0.4, -0.2) is 67.0 Å². The number of rotatable bonds is 11. The first-order valence-corrected chi connectivity index (χ1v) is 12.2. The molecule has 2 fully saturated rings. The molecule has 0 spiro atoms. The molecule has 34 heavy (non-hydrogen) atoms. The van der Waals surface area contributed by atoms with Crippen LogP contribution in [0.3, 0.4) is 0 Å². The van der Waals surface area contributed by atoms with E-state index < -0.39 is 0 Å². The van der Waals surface area contributed by atoms with Gasteiger partial charge >= 0.3 is 0 Å². The number of methoxy groups -OCH3 is 1. The summed E-state index contributed by atoms with van der Waals surface area (Å²) in [6.45, 7) is 3.28. The number of amides is 2. The number of nitrogens with one attached hydrogen (secondary N) is 1. The number of piperidine rings is 1. The van der Waals surface area contributed by atoms with Crippen molar-refractivity contribution in [3.63, 3.8) is 0 Å². The highest BCUT2D eigenvalue weighted by atomic mass is 16.5. The number of ether oxygens (including phenoxy) is 2. The normalized spacial score (nSPS) is 16.6. The maximum atomic E-state index is 12.8. The van der Waals surface area contributed by atoms with Crippen molar-refractivity contribution in [1.82, 2.24) is 15.1 Å². The molecular weight excluding hydrogens is 430 g/mol. The Morgan fingerprint density at radius 3 is 2.32 bits per heavy atom. The molecule has 182 valence electrons. The molecule has 1 N–H and O–H groups in total. The van der Waals surface area contributed by atoms with E-state index in [0.29, 0.717) is 24.5 Å². The van der Waals surface area contributed by atoms with Gasteiger partial charge in [0, 0.05) is 44.7 Å². The Kier molecular flexibility index (Phi) is 8.41. The van der Waals surface area contributed by atoms with E-state index in [9.17, 15) is 9.59 Å². The number of carbonyl (C=O) groups is 2. The molecule has 0 radical (unpaired) electrons. The van der Waals surface area contributed by atoms with Crippen LogP contribution in [0.5, 0.6) is 11.5 Å². The second-order valence-electron chi connectivity index (χ2n) is 9.11. The SMILES string of the molecule is COc1ccccc1OCC(=O)N(CCC(=O)NC1CCN(Cc2ccccc2)CC1)C1CC1. The van der Waals surface area contributed by atoms with Crippen molar-refractivity contribution < 1.29 is 19.1 Å². The number of hydrogen-bond acceptors (Lipinski definition) is 5. The van der Waals surface area contributed by atoms with Crippen molar-refractivity contribution in [3.05, 3.63) is 60.2 Å². The zero-order chi connectivity index (χ0) is 23.8. The van der Waals surface area contributed by atoms with Crippen LogP contribution in [0.4, 0.5) is 0 Å². The lowest BCUT2D eigenvalue weighted by Crippen LogP contribution is -2.45. The van der Waals surface area contributed by atoms with Gasteiger partial charge in [0.1, 0.15) is 0 Å². The Bertz CT molecular complexity index is 940. The van der Waals surface area contributed by atoms with Crippen LogP contribution in [-0.2, 0) is 16.1 Å². The fourth-order valence-electron chi connectivity index (χ4n) is 4.46. The zero-order valence-corrected chi connectivity index (χ0v) is 19.9. The summed E-state index contributed by atoms with van der Waals surface area (Å²) in [6, 6.07) is 18.2. The predicted octanol–water partition coefficient (Wildman–Crippen LogP) is 3.24. The lowest BCUT2D eigenvalue weighted by Gasteiger charge is -2.32. The molecule has 2 aromatic carbocycles. The second-order valence-corrected chi connectivity index (χ2v) is 9.11. The van der Waals surface area contributed by atoms with Crippen LogP contribution < -0.4 is 14.8 Å². The lowest BCUT2D eigenvalue weighted by molar-refractivity contribution is -0.134. The third kappa shape index (κ3) is 6.97. The maximum absolute atomic E-state index is 12.8. The molecule has 1 aliphatic heterocycles. The molecular formula is C27H35N3O4. The number of hydrogen-bond donors (Lipinski definition) is 1. The average molecular weight is 466 g/mol. The van der Waals surface area contributed by atoms with Crippen LogP contribution in [0.15, 0.2) is 54.6 Å².